The largest absolute Gasteiger partial charge is 0.289 e. The first kappa shape index (κ1) is 14.9. The van der Waals surface area contributed by atoms with E-state index in [9.17, 15) is 4.79 Å². The predicted octanol–water partition coefficient (Wildman–Crippen LogP) is 5.28. The highest BCUT2D eigenvalue weighted by atomic mass is 31.1. The van der Waals surface area contributed by atoms with Crippen LogP contribution in [0.5, 0.6) is 0 Å². The maximum absolute atomic E-state index is 12.6. The Bertz CT molecular complexity index is 590. The molecule has 20 heavy (non-hydrogen) atoms. The molecule has 2 rings (SSSR count). The van der Waals surface area contributed by atoms with E-state index in [1.165, 1.54) is 0 Å². The van der Waals surface area contributed by atoms with Gasteiger partial charge in [0.1, 0.15) is 0 Å². The number of hydrogen-bond acceptors (Lipinski definition) is 1. The summed E-state index contributed by atoms with van der Waals surface area (Å²) in [7, 11) is 0.356. The summed E-state index contributed by atoms with van der Waals surface area (Å²) in [4.78, 5) is 12.6. The molecule has 0 aliphatic rings. The summed E-state index contributed by atoms with van der Waals surface area (Å²) in [6, 6.07) is 16.3. The Balaban J connectivity index is 2.44. The molecule has 0 aliphatic heterocycles. The molecule has 0 saturated heterocycles. The van der Waals surface area contributed by atoms with Crippen LogP contribution in [0, 0.1) is 6.92 Å². The third-order valence-corrected chi connectivity index (χ3v) is 4.99. The Morgan fingerprint density at radius 1 is 1.10 bits per heavy atom. The first-order valence-electron chi connectivity index (χ1n) is 7.09. The highest BCUT2D eigenvalue weighted by molar-refractivity contribution is 7.59. The summed E-state index contributed by atoms with van der Waals surface area (Å²) >= 11 is 0. The summed E-state index contributed by atoms with van der Waals surface area (Å²) in [5.74, 6) is 0. The highest BCUT2D eigenvalue weighted by Gasteiger charge is 2.17. The summed E-state index contributed by atoms with van der Waals surface area (Å²) in [6.45, 7) is 6.32. The van der Waals surface area contributed by atoms with Gasteiger partial charge in [-0.3, -0.25) is 4.79 Å². The average Bonchev–Trinajstić information content (AvgIpc) is 2.47. The minimum atomic E-state index is 0.288. The number of benzene rings is 2. The molecule has 2 unspecified atom stereocenters. The fourth-order valence-electron chi connectivity index (χ4n) is 2.23. The third kappa shape index (κ3) is 3.35. The lowest BCUT2D eigenvalue weighted by molar-refractivity contribution is 0.108. The highest BCUT2D eigenvalue weighted by Crippen LogP contribution is 2.34. The molecule has 0 N–H and O–H groups in total. The van der Waals surface area contributed by atoms with Gasteiger partial charge < -0.3 is 0 Å². The van der Waals surface area contributed by atoms with E-state index < -0.39 is 0 Å². The molecule has 0 aromatic heterocycles. The van der Waals surface area contributed by atoms with Gasteiger partial charge in [-0.1, -0.05) is 62.4 Å². The molecule has 2 aromatic rings. The molecule has 0 fully saturated rings. The first-order chi connectivity index (χ1) is 9.63. The Morgan fingerprint density at radius 3 is 2.45 bits per heavy atom. The van der Waals surface area contributed by atoms with Gasteiger partial charge >= 0.3 is 0 Å². The van der Waals surface area contributed by atoms with E-state index in [0.717, 1.165) is 28.7 Å². The van der Waals surface area contributed by atoms with Crippen molar-refractivity contribution in [2.45, 2.75) is 32.9 Å². The summed E-state index contributed by atoms with van der Waals surface area (Å²) in [5.41, 5.74) is 4.91. The quantitative estimate of drug-likeness (QED) is 0.683. The predicted molar refractivity (Wildman–Crippen MR) is 89.0 cm³/mol. The van der Waals surface area contributed by atoms with Gasteiger partial charge in [-0.15, -0.1) is 0 Å². The van der Waals surface area contributed by atoms with Crippen LogP contribution in [-0.2, 0) is 0 Å². The van der Waals surface area contributed by atoms with Gasteiger partial charge in [-0.25, -0.2) is 0 Å². The van der Waals surface area contributed by atoms with E-state index in [-0.39, 0.29) is 5.52 Å². The molecule has 2 aromatic carbocycles. The molecule has 0 spiro atoms. The Morgan fingerprint density at radius 2 is 1.80 bits per heavy atom. The molecule has 0 bridgehead atoms. The van der Waals surface area contributed by atoms with Crippen molar-refractivity contribution in [3.8, 4) is 11.1 Å². The van der Waals surface area contributed by atoms with Crippen LogP contribution < -0.4 is 0 Å². The fraction of sp³-hybridized carbons (Fsp3) is 0.278. The SMILES string of the molecule is CCC(C)PC(=O)c1c(C)cccc1-c1ccccc1. The van der Waals surface area contributed by atoms with Crippen molar-refractivity contribution < 1.29 is 4.79 Å². The molecule has 104 valence electrons. The molecule has 0 heterocycles. The average molecular weight is 284 g/mol. The molecule has 2 heteroatoms. The topological polar surface area (TPSA) is 17.1 Å². The smallest absolute Gasteiger partial charge is 0.182 e. The maximum atomic E-state index is 12.6. The maximum Gasteiger partial charge on any atom is 0.182 e. The summed E-state index contributed by atoms with van der Waals surface area (Å²) in [6.07, 6.45) is 1.05. The minimum Gasteiger partial charge on any atom is -0.289 e. The van der Waals surface area contributed by atoms with Crippen LogP contribution in [0.4, 0.5) is 0 Å². The molecule has 0 aliphatic carbocycles. The van der Waals surface area contributed by atoms with Crippen LogP contribution in [0.25, 0.3) is 11.1 Å². The van der Waals surface area contributed by atoms with Gasteiger partial charge in [0.25, 0.3) is 0 Å². The third-order valence-electron chi connectivity index (χ3n) is 3.57. The van der Waals surface area contributed by atoms with E-state index in [0.29, 0.717) is 14.2 Å². The zero-order valence-corrected chi connectivity index (χ0v) is 13.3. The number of carbonyl (C=O) groups excluding carboxylic acids is 1. The monoisotopic (exact) mass is 284 g/mol. The molecule has 0 amide bonds. The number of hydrogen-bond donors (Lipinski definition) is 0. The second-order valence-electron chi connectivity index (χ2n) is 5.15. The Labute approximate surface area is 123 Å². The molecular formula is C18H21OP. The Hall–Kier alpha value is -1.46. The van der Waals surface area contributed by atoms with Crippen LogP contribution in [0.15, 0.2) is 48.5 Å². The van der Waals surface area contributed by atoms with Crippen molar-refractivity contribution in [1.82, 2.24) is 0 Å². The molecule has 2 atom stereocenters. The lowest BCUT2D eigenvalue weighted by atomic mass is 9.97. The fourth-order valence-corrected chi connectivity index (χ4v) is 3.35. The van der Waals surface area contributed by atoms with E-state index in [1.807, 2.05) is 37.3 Å². The first-order valence-corrected chi connectivity index (χ1v) is 8.17. The normalized spacial score (nSPS) is 12.8. The van der Waals surface area contributed by atoms with Gasteiger partial charge in [0.2, 0.25) is 0 Å². The summed E-state index contributed by atoms with van der Waals surface area (Å²) in [5, 5.41) is 0. The van der Waals surface area contributed by atoms with Crippen molar-refractivity contribution in [3.63, 3.8) is 0 Å². The summed E-state index contributed by atoms with van der Waals surface area (Å²) < 4.78 is 0. The lowest BCUT2D eigenvalue weighted by Gasteiger charge is -2.14. The van der Waals surface area contributed by atoms with E-state index in [2.05, 4.69) is 32.0 Å². The lowest BCUT2D eigenvalue weighted by Crippen LogP contribution is -2.03. The molecule has 1 nitrogen and oxygen atoms in total. The molecule has 0 saturated carbocycles. The van der Waals surface area contributed by atoms with E-state index in [1.54, 1.807) is 0 Å². The van der Waals surface area contributed by atoms with Gasteiger partial charge in [0.05, 0.1) is 0 Å². The van der Waals surface area contributed by atoms with Gasteiger partial charge in [0.15, 0.2) is 5.52 Å². The van der Waals surface area contributed by atoms with Crippen LogP contribution in [0.1, 0.15) is 36.2 Å². The number of rotatable bonds is 5. The Kier molecular flexibility index (Phi) is 5.09. The zero-order valence-electron chi connectivity index (χ0n) is 12.3. The van der Waals surface area contributed by atoms with Gasteiger partial charge in [-0.05, 0) is 44.3 Å². The minimum absolute atomic E-state index is 0.288. The van der Waals surface area contributed by atoms with Crippen LogP contribution in [-0.4, -0.2) is 11.2 Å². The van der Waals surface area contributed by atoms with Crippen LogP contribution in [0.2, 0.25) is 0 Å². The molecule has 0 radical (unpaired) electrons. The standard InChI is InChI=1S/C18H21OP/c1-4-14(3)20-18(19)17-13(2)9-8-12-16(17)15-10-6-5-7-11-15/h5-12,14,20H,4H2,1-3H3. The molecular weight excluding hydrogens is 263 g/mol. The van der Waals surface area contributed by atoms with Gasteiger partial charge in [0, 0.05) is 5.56 Å². The number of aryl methyl sites for hydroxylation is 1. The van der Waals surface area contributed by atoms with Crippen LogP contribution in [0.3, 0.4) is 0 Å². The zero-order chi connectivity index (χ0) is 14.5. The van der Waals surface area contributed by atoms with Crippen molar-refractivity contribution in [2.24, 2.45) is 0 Å². The van der Waals surface area contributed by atoms with Crippen molar-refractivity contribution >= 4 is 14.1 Å². The van der Waals surface area contributed by atoms with Crippen LogP contribution >= 0.6 is 8.58 Å². The van der Waals surface area contributed by atoms with Gasteiger partial charge in [-0.2, -0.15) is 0 Å². The second kappa shape index (κ2) is 6.81. The van der Waals surface area contributed by atoms with Crippen molar-refractivity contribution in [2.75, 3.05) is 0 Å². The second-order valence-corrected chi connectivity index (χ2v) is 6.87. The number of carbonyl (C=O) groups is 1. The van der Waals surface area contributed by atoms with E-state index >= 15 is 0 Å². The van der Waals surface area contributed by atoms with Crippen molar-refractivity contribution in [1.29, 1.82) is 0 Å². The van der Waals surface area contributed by atoms with E-state index in [4.69, 9.17) is 0 Å². The van der Waals surface area contributed by atoms with Crippen molar-refractivity contribution in [3.05, 3.63) is 59.7 Å².